The summed E-state index contributed by atoms with van der Waals surface area (Å²) in [5.41, 5.74) is 3.62. The Balaban J connectivity index is 1.39. The van der Waals surface area contributed by atoms with Crippen molar-refractivity contribution < 1.29 is 23.8 Å². The summed E-state index contributed by atoms with van der Waals surface area (Å²) in [5, 5.41) is 0. The van der Waals surface area contributed by atoms with Gasteiger partial charge >= 0.3 is 12.1 Å². The number of pyridine rings is 1. The fourth-order valence-corrected chi connectivity index (χ4v) is 4.55. The van der Waals surface area contributed by atoms with Gasteiger partial charge < -0.3 is 14.2 Å². The second-order valence-corrected chi connectivity index (χ2v) is 9.32. The molecule has 4 rings (SSSR count). The van der Waals surface area contributed by atoms with Crippen molar-refractivity contribution in [1.29, 1.82) is 0 Å². The summed E-state index contributed by atoms with van der Waals surface area (Å²) in [5.74, 6) is -0.0688. The van der Waals surface area contributed by atoms with Crippen molar-refractivity contribution in [2.45, 2.75) is 26.6 Å². The predicted molar refractivity (Wildman–Crippen MR) is 134 cm³/mol. The first-order valence-electron chi connectivity index (χ1n) is 10.8. The number of carbonyl (C=O) groups excluding carboxylic acids is 2. The largest absolute Gasteiger partial charge is 0.514 e. The van der Waals surface area contributed by atoms with Crippen LogP contribution in [0, 0.1) is 6.92 Å². The van der Waals surface area contributed by atoms with Crippen LogP contribution in [0.5, 0.6) is 5.75 Å². The van der Waals surface area contributed by atoms with E-state index in [2.05, 4.69) is 4.98 Å². The molecule has 2 heterocycles. The predicted octanol–water partition coefficient (Wildman–Crippen LogP) is 6.77. The number of hydrogen-bond donors (Lipinski definition) is 0. The second kappa shape index (κ2) is 11.6. The highest BCUT2D eigenvalue weighted by Gasteiger charge is 2.18. The first kappa shape index (κ1) is 24.4. The molecule has 6 nitrogen and oxygen atoms in total. The minimum Gasteiger partial charge on any atom is -0.461 e. The number of rotatable bonds is 8. The van der Waals surface area contributed by atoms with Crippen molar-refractivity contribution in [3.8, 4) is 16.3 Å². The number of carbonyl (C=O) groups is 2. The molecule has 35 heavy (non-hydrogen) atoms. The summed E-state index contributed by atoms with van der Waals surface area (Å²) in [6, 6.07) is 23.9. The van der Waals surface area contributed by atoms with Crippen molar-refractivity contribution in [2.24, 2.45) is 0 Å². The molecule has 0 unspecified atom stereocenters. The Morgan fingerprint density at radius 2 is 1.51 bits per heavy atom. The van der Waals surface area contributed by atoms with Gasteiger partial charge in [0.2, 0.25) is 0 Å². The Hall–Kier alpha value is -3.68. The third-order valence-electron chi connectivity index (χ3n) is 5.02. The molecule has 0 atom stereocenters. The quantitative estimate of drug-likeness (QED) is 0.245. The van der Waals surface area contributed by atoms with Crippen LogP contribution in [0.15, 0.2) is 78.9 Å². The summed E-state index contributed by atoms with van der Waals surface area (Å²) in [6.07, 6.45) is -0.747. The molecule has 0 aliphatic rings. The van der Waals surface area contributed by atoms with Crippen LogP contribution in [0.4, 0.5) is 4.79 Å². The van der Waals surface area contributed by atoms with Crippen molar-refractivity contribution in [2.75, 3.05) is 0 Å². The van der Waals surface area contributed by atoms with Crippen molar-refractivity contribution >= 4 is 35.1 Å². The van der Waals surface area contributed by atoms with E-state index in [0.29, 0.717) is 21.5 Å². The average Bonchev–Trinajstić information content (AvgIpc) is 3.23. The molecule has 0 fully saturated rings. The lowest BCUT2D eigenvalue weighted by molar-refractivity contribution is -0.144. The monoisotopic (exact) mass is 507 g/mol. The highest BCUT2D eigenvalue weighted by molar-refractivity contribution is 7.19. The van der Waals surface area contributed by atoms with Crippen molar-refractivity contribution in [1.82, 2.24) is 4.98 Å². The number of aromatic nitrogens is 1. The molecule has 0 bridgehead atoms. The molecule has 0 saturated carbocycles. The molecule has 4 aromatic rings. The van der Waals surface area contributed by atoms with Gasteiger partial charge in [-0.1, -0.05) is 72.3 Å². The molecule has 178 valence electrons. The first-order chi connectivity index (χ1) is 17.0. The highest BCUT2D eigenvalue weighted by Crippen LogP contribution is 2.36. The third kappa shape index (κ3) is 6.91. The van der Waals surface area contributed by atoms with E-state index in [1.165, 1.54) is 11.3 Å². The number of halogens is 1. The van der Waals surface area contributed by atoms with Crippen molar-refractivity contribution in [3.05, 3.63) is 106 Å². The lowest BCUT2D eigenvalue weighted by Crippen LogP contribution is -2.11. The van der Waals surface area contributed by atoms with E-state index in [1.54, 1.807) is 25.1 Å². The van der Waals surface area contributed by atoms with Gasteiger partial charge in [0.1, 0.15) is 13.2 Å². The number of esters is 1. The molecule has 2 aromatic carbocycles. The number of benzene rings is 2. The Kier molecular flexibility index (Phi) is 8.13. The van der Waals surface area contributed by atoms with Gasteiger partial charge in [-0.15, -0.1) is 11.3 Å². The van der Waals surface area contributed by atoms with Gasteiger partial charge in [-0.2, -0.15) is 0 Å². The SMILES string of the molecule is Cc1nc(-c2sc(Cl)cc2CC(=O)OCc2ccccc2)ccc1OC(=O)OCc1ccccc1. The van der Waals surface area contributed by atoms with Gasteiger partial charge in [0.25, 0.3) is 0 Å². The number of aryl methyl sites for hydroxylation is 1. The zero-order valence-corrected chi connectivity index (χ0v) is 20.5. The molecule has 0 N–H and O–H groups in total. The summed E-state index contributed by atoms with van der Waals surface area (Å²) in [4.78, 5) is 29.8. The maximum atomic E-state index is 12.4. The van der Waals surface area contributed by atoms with Gasteiger partial charge in [0, 0.05) is 0 Å². The van der Waals surface area contributed by atoms with Crippen LogP contribution in [0.25, 0.3) is 10.6 Å². The summed E-state index contributed by atoms with van der Waals surface area (Å²) < 4.78 is 16.4. The van der Waals surface area contributed by atoms with Crippen LogP contribution >= 0.6 is 22.9 Å². The van der Waals surface area contributed by atoms with Gasteiger partial charge in [-0.05, 0) is 41.8 Å². The summed E-state index contributed by atoms with van der Waals surface area (Å²) in [7, 11) is 0. The van der Waals surface area contributed by atoms with E-state index in [-0.39, 0.29) is 25.6 Å². The zero-order valence-electron chi connectivity index (χ0n) is 18.9. The summed E-state index contributed by atoms with van der Waals surface area (Å²) >= 11 is 7.57. The Morgan fingerprint density at radius 1 is 0.886 bits per heavy atom. The van der Waals surface area contributed by atoms with Crippen LogP contribution in [0.2, 0.25) is 4.34 Å². The maximum absolute atomic E-state index is 12.4. The average molecular weight is 508 g/mol. The van der Waals surface area contributed by atoms with E-state index in [9.17, 15) is 9.59 Å². The maximum Gasteiger partial charge on any atom is 0.514 e. The standard InChI is InChI=1S/C27H22ClNO5S/c1-18-23(34-27(31)33-17-20-10-6-3-7-11-20)13-12-22(29-18)26-21(14-24(28)35-26)15-25(30)32-16-19-8-4-2-5-9-19/h2-14H,15-17H2,1H3. The number of ether oxygens (including phenoxy) is 3. The first-order valence-corrected chi connectivity index (χ1v) is 12.0. The highest BCUT2D eigenvalue weighted by atomic mass is 35.5. The molecule has 0 aliphatic carbocycles. The third-order valence-corrected chi connectivity index (χ3v) is 6.35. The lowest BCUT2D eigenvalue weighted by Gasteiger charge is -2.10. The van der Waals surface area contributed by atoms with E-state index >= 15 is 0 Å². The van der Waals surface area contributed by atoms with Crippen LogP contribution in [0.3, 0.4) is 0 Å². The summed E-state index contributed by atoms with van der Waals surface area (Å²) in [6.45, 7) is 2.05. The second-order valence-electron chi connectivity index (χ2n) is 7.63. The van der Waals surface area contributed by atoms with Crippen LogP contribution in [-0.2, 0) is 33.9 Å². The van der Waals surface area contributed by atoms with Gasteiger partial charge in [-0.3, -0.25) is 4.79 Å². The molecule has 0 aliphatic heterocycles. The Morgan fingerprint density at radius 3 is 2.14 bits per heavy atom. The molecule has 0 radical (unpaired) electrons. The fraction of sp³-hybridized carbons (Fsp3) is 0.148. The van der Waals surface area contributed by atoms with Crippen LogP contribution in [0.1, 0.15) is 22.4 Å². The van der Waals surface area contributed by atoms with E-state index in [1.807, 2.05) is 60.7 Å². The van der Waals surface area contributed by atoms with Crippen LogP contribution in [-0.4, -0.2) is 17.1 Å². The number of nitrogens with zero attached hydrogens (tertiary/aromatic N) is 1. The normalized spacial score (nSPS) is 10.6. The fourth-order valence-electron chi connectivity index (χ4n) is 3.31. The van der Waals surface area contributed by atoms with E-state index < -0.39 is 6.16 Å². The topological polar surface area (TPSA) is 74.7 Å². The van der Waals surface area contributed by atoms with E-state index in [4.69, 9.17) is 25.8 Å². The number of thiophene rings is 1. The van der Waals surface area contributed by atoms with Gasteiger partial charge in [0.05, 0.1) is 27.0 Å². The molecular weight excluding hydrogens is 486 g/mol. The Labute approximate surface area is 212 Å². The molecule has 0 saturated heterocycles. The molecule has 8 heteroatoms. The molecular formula is C27H22ClNO5S. The van der Waals surface area contributed by atoms with Crippen LogP contribution < -0.4 is 4.74 Å². The zero-order chi connectivity index (χ0) is 24.6. The minimum absolute atomic E-state index is 0.0657. The molecule has 0 spiro atoms. The molecule has 0 amide bonds. The van der Waals surface area contributed by atoms with E-state index in [0.717, 1.165) is 21.6 Å². The molecule has 2 aromatic heterocycles. The lowest BCUT2D eigenvalue weighted by atomic mass is 10.1. The van der Waals surface area contributed by atoms with Gasteiger partial charge in [-0.25, -0.2) is 9.78 Å². The number of hydrogen-bond acceptors (Lipinski definition) is 7. The Bertz CT molecular complexity index is 1310. The van der Waals surface area contributed by atoms with Crippen molar-refractivity contribution in [3.63, 3.8) is 0 Å². The minimum atomic E-state index is -0.812. The van der Waals surface area contributed by atoms with Gasteiger partial charge in [0.15, 0.2) is 5.75 Å². The smallest absolute Gasteiger partial charge is 0.461 e.